The quantitative estimate of drug-likeness (QED) is 0.637. The van der Waals surface area contributed by atoms with Crippen LogP contribution in [-0.2, 0) is 14.8 Å². The fourth-order valence-corrected chi connectivity index (χ4v) is 3.96. The molecule has 1 aromatic rings. The van der Waals surface area contributed by atoms with Gasteiger partial charge in [0.15, 0.2) is 6.61 Å². The molecule has 0 fully saturated rings. The predicted molar refractivity (Wildman–Crippen MR) is 95.0 cm³/mol. The van der Waals surface area contributed by atoms with Crippen molar-refractivity contribution in [2.45, 2.75) is 38.5 Å². The molecule has 0 aromatic heterocycles. The molecule has 6 nitrogen and oxygen atoms in total. The second kappa shape index (κ2) is 9.86. The average Bonchev–Trinajstić information content (AvgIpc) is 2.54. The van der Waals surface area contributed by atoms with Crippen LogP contribution in [0.15, 0.2) is 23.1 Å². The maximum absolute atomic E-state index is 12.7. The molecule has 1 aromatic carbocycles. The Hall–Kier alpha value is -1.31. The van der Waals surface area contributed by atoms with E-state index in [9.17, 15) is 13.2 Å². The Morgan fingerprint density at radius 1 is 1.25 bits per heavy atom. The second-order valence-electron chi connectivity index (χ2n) is 5.17. The standard InChI is InChI=1S/C16H25ClN2O4S/c1-4-7-10-18-16(20)12-23-14-9-8-13(17)11-15(14)24(21,22)19(5-2)6-3/h8-9,11H,4-7,10,12H2,1-3H3,(H,18,20). The topological polar surface area (TPSA) is 75.7 Å². The number of sulfonamides is 1. The Kier molecular flexibility index (Phi) is 8.52. The van der Waals surface area contributed by atoms with Gasteiger partial charge in [-0.2, -0.15) is 4.31 Å². The summed E-state index contributed by atoms with van der Waals surface area (Å²) < 4.78 is 32.2. The molecule has 0 bridgehead atoms. The van der Waals surface area contributed by atoms with Crippen LogP contribution < -0.4 is 10.1 Å². The van der Waals surface area contributed by atoms with Crippen molar-refractivity contribution >= 4 is 27.5 Å². The van der Waals surface area contributed by atoms with E-state index < -0.39 is 10.0 Å². The number of halogens is 1. The van der Waals surface area contributed by atoms with Crippen LogP contribution in [0, 0.1) is 0 Å². The molecule has 136 valence electrons. The van der Waals surface area contributed by atoms with Crippen molar-refractivity contribution in [2.75, 3.05) is 26.2 Å². The maximum Gasteiger partial charge on any atom is 0.257 e. The summed E-state index contributed by atoms with van der Waals surface area (Å²) in [5, 5.41) is 3.01. The summed E-state index contributed by atoms with van der Waals surface area (Å²) in [5.74, 6) is -0.165. The molecule has 0 atom stereocenters. The van der Waals surface area contributed by atoms with Crippen molar-refractivity contribution in [3.8, 4) is 5.75 Å². The summed E-state index contributed by atoms with van der Waals surface area (Å²) in [7, 11) is -3.73. The summed E-state index contributed by atoms with van der Waals surface area (Å²) >= 11 is 5.94. The van der Waals surface area contributed by atoms with Crippen molar-refractivity contribution in [1.29, 1.82) is 0 Å². The van der Waals surface area contributed by atoms with Crippen LogP contribution in [0.5, 0.6) is 5.75 Å². The fourth-order valence-electron chi connectivity index (χ4n) is 2.10. The van der Waals surface area contributed by atoms with Crippen LogP contribution in [0.4, 0.5) is 0 Å². The summed E-state index contributed by atoms with van der Waals surface area (Å²) in [6, 6.07) is 4.35. The van der Waals surface area contributed by atoms with Crippen LogP contribution in [0.3, 0.4) is 0 Å². The highest BCUT2D eigenvalue weighted by Gasteiger charge is 2.26. The van der Waals surface area contributed by atoms with Crippen LogP contribution in [0.25, 0.3) is 0 Å². The van der Waals surface area contributed by atoms with Crippen LogP contribution in [0.2, 0.25) is 5.02 Å². The van der Waals surface area contributed by atoms with Crippen LogP contribution >= 0.6 is 11.6 Å². The number of hydrogen-bond acceptors (Lipinski definition) is 4. The lowest BCUT2D eigenvalue weighted by molar-refractivity contribution is -0.123. The molecule has 8 heteroatoms. The SMILES string of the molecule is CCCCNC(=O)COc1ccc(Cl)cc1S(=O)(=O)N(CC)CC. The first-order valence-corrected chi connectivity index (χ1v) is 9.87. The molecular weight excluding hydrogens is 352 g/mol. The Labute approximate surface area is 149 Å². The van der Waals surface area contributed by atoms with Gasteiger partial charge in [-0.25, -0.2) is 8.42 Å². The molecule has 1 rings (SSSR count). The third kappa shape index (κ3) is 5.65. The largest absolute Gasteiger partial charge is 0.482 e. The monoisotopic (exact) mass is 376 g/mol. The van der Waals surface area contributed by atoms with Gasteiger partial charge in [0.25, 0.3) is 5.91 Å². The molecule has 0 spiro atoms. The number of carbonyl (C=O) groups excluding carboxylic acids is 1. The van der Waals surface area contributed by atoms with Gasteiger partial charge in [0.05, 0.1) is 0 Å². The fraction of sp³-hybridized carbons (Fsp3) is 0.562. The molecule has 1 N–H and O–H groups in total. The van der Waals surface area contributed by atoms with E-state index in [1.54, 1.807) is 13.8 Å². The molecule has 24 heavy (non-hydrogen) atoms. The Bertz CT molecular complexity index is 645. The predicted octanol–water partition coefficient (Wildman–Crippen LogP) is 2.67. The van der Waals surface area contributed by atoms with Crippen LogP contribution in [0.1, 0.15) is 33.6 Å². The minimum absolute atomic E-state index is 0.0277. The van der Waals surface area contributed by atoms with Gasteiger partial charge >= 0.3 is 0 Å². The Morgan fingerprint density at radius 2 is 1.92 bits per heavy atom. The van der Waals surface area contributed by atoms with Gasteiger partial charge in [0, 0.05) is 24.7 Å². The lowest BCUT2D eigenvalue weighted by atomic mass is 10.3. The van der Waals surface area contributed by atoms with Gasteiger partial charge in [-0.3, -0.25) is 4.79 Å². The lowest BCUT2D eigenvalue weighted by Gasteiger charge is -2.20. The highest BCUT2D eigenvalue weighted by molar-refractivity contribution is 7.89. The highest BCUT2D eigenvalue weighted by Crippen LogP contribution is 2.29. The van der Waals surface area contributed by atoms with Crippen molar-refractivity contribution < 1.29 is 17.9 Å². The zero-order chi connectivity index (χ0) is 18.2. The lowest BCUT2D eigenvalue weighted by Crippen LogP contribution is -2.32. The normalized spacial score (nSPS) is 11.5. The van der Waals surface area contributed by atoms with Gasteiger partial charge < -0.3 is 10.1 Å². The minimum atomic E-state index is -3.73. The first-order valence-electron chi connectivity index (χ1n) is 8.05. The molecular formula is C16H25ClN2O4S. The first kappa shape index (κ1) is 20.7. The van der Waals surface area contributed by atoms with Gasteiger partial charge in [0.1, 0.15) is 10.6 Å². The summed E-state index contributed by atoms with van der Waals surface area (Å²) in [6.45, 7) is 6.54. The zero-order valence-corrected chi connectivity index (χ0v) is 15.9. The highest BCUT2D eigenvalue weighted by atomic mass is 35.5. The minimum Gasteiger partial charge on any atom is -0.482 e. The third-order valence-electron chi connectivity index (χ3n) is 3.44. The first-order chi connectivity index (χ1) is 11.4. The molecule has 0 saturated carbocycles. The number of nitrogens with zero attached hydrogens (tertiary/aromatic N) is 1. The van der Waals surface area contributed by atoms with Crippen molar-refractivity contribution in [1.82, 2.24) is 9.62 Å². The number of nitrogens with one attached hydrogen (secondary N) is 1. The number of hydrogen-bond donors (Lipinski definition) is 1. The molecule has 0 heterocycles. The van der Waals surface area contributed by atoms with E-state index >= 15 is 0 Å². The number of rotatable bonds is 10. The molecule has 0 saturated heterocycles. The van der Waals surface area contributed by atoms with E-state index in [-0.39, 0.29) is 23.2 Å². The van der Waals surface area contributed by atoms with Gasteiger partial charge in [-0.05, 0) is 24.6 Å². The number of benzene rings is 1. The van der Waals surface area contributed by atoms with E-state index in [4.69, 9.17) is 16.3 Å². The molecule has 1 amide bonds. The smallest absolute Gasteiger partial charge is 0.257 e. The molecule has 0 aliphatic carbocycles. The van der Waals surface area contributed by atoms with Gasteiger partial charge in [-0.1, -0.05) is 38.8 Å². The van der Waals surface area contributed by atoms with E-state index in [0.717, 1.165) is 12.8 Å². The summed E-state index contributed by atoms with van der Waals surface area (Å²) in [5.41, 5.74) is 0. The molecule has 0 unspecified atom stereocenters. The zero-order valence-electron chi connectivity index (χ0n) is 14.3. The van der Waals surface area contributed by atoms with E-state index in [2.05, 4.69) is 5.32 Å². The van der Waals surface area contributed by atoms with E-state index in [1.165, 1.54) is 22.5 Å². The van der Waals surface area contributed by atoms with Crippen molar-refractivity contribution in [2.24, 2.45) is 0 Å². The molecule has 0 radical (unpaired) electrons. The Balaban J connectivity index is 2.95. The van der Waals surface area contributed by atoms with Gasteiger partial charge in [-0.15, -0.1) is 0 Å². The van der Waals surface area contributed by atoms with Crippen molar-refractivity contribution in [3.63, 3.8) is 0 Å². The summed E-state index contributed by atoms with van der Waals surface area (Å²) in [6.07, 6.45) is 1.86. The molecule has 0 aliphatic heterocycles. The maximum atomic E-state index is 12.7. The van der Waals surface area contributed by atoms with Gasteiger partial charge in [0.2, 0.25) is 10.0 Å². The van der Waals surface area contributed by atoms with Crippen molar-refractivity contribution in [3.05, 3.63) is 23.2 Å². The Morgan fingerprint density at radius 3 is 2.50 bits per heavy atom. The number of ether oxygens (including phenoxy) is 1. The molecule has 0 aliphatic rings. The number of amides is 1. The second-order valence-corrected chi connectivity index (χ2v) is 7.52. The van der Waals surface area contributed by atoms with E-state index in [1.807, 2.05) is 6.92 Å². The summed E-state index contributed by atoms with van der Waals surface area (Å²) in [4.78, 5) is 11.7. The average molecular weight is 377 g/mol. The van der Waals surface area contributed by atoms with Crippen LogP contribution in [-0.4, -0.2) is 44.9 Å². The number of carbonyl (C=O) groups is 1. The van der Waals surface area contributed by atoms with E-state index in [0.29, 0.717) is 24.7 Å². The third-order valence-corrected chi connectivity index (χ3v) is 5.75. The number of unbranched alkanes of at least 4 members (excludes halogenated alkanes) is 1.